The largest absolute Gasteiger partial charge is 0.480 e. The van der Waals surface area contributed by atoms with Gasteiger partial charge in [-0.25, -0.2) is 9.59 Å². The van der Waals surface area contributed by atoms with Gasteiger partial charge < -0.3 is 15.2 Å². The fourth-order valence-electron chi connectivity index (χ4n) is 1.50. The molecular weight excluding hydrogens is 288 g/mol. The molecule has 0 spiro atoms. The summed E-state index contributed by atoms with van der Waals surface area (Å²) in [4.78, 5) is 27.8. The summed E-state index contributed by atoms with van der Waals surface area (Å²) < 4.78 is 5.01. The minimum atomic E-state index is -1.18. The molecule has 1 amide bonds. The molecule has 7 nitrogen and oxygen atoms in total. The van der Waals surface area contributed by atoms with Gasteiger partial charge in [-0.1, -0.05) is 30.3 Å². The van der Waals surface area contributed by atoms with Crippen molar-refractivity contribution in [1.29, 1.82) is 0 Å². The van der Waals surface area contributed by atoms with E-state index in [4.69, 9.17) is 14.7 Å². The van der Waals surface area contributed by atoms with Crippen LogP contribution in [0.5, 0.6) is 0 Å². The van der Waals surface area contributed by atoms with Crippen molar-refractivity contribution in [2.45, 2.75) is 39.0 Å². The number of rotatable bonds is 7. The molecule has 0 aliphatic rings. The number of hydrogen-bond donors (Lipinski definition) is 3. The van der Waals surface area contributed by atoms with Crippen LogP contribution in [0.1, 0.15) is 26.3 Å². The lowest BCUT2D eigenvalue weighted by Gasteiger charge is -2.22. The Kier molecular flexibility index (Phi) is 6.81. The molecular formula is C15H22N2O5. The van der Waals surface area contributed by atoms with E-state index in [1.165, 1.54) is 0 Å². The minimum absolute atomic E-state index is 0.0819. The van der Waals surface area contributed by atoms with Crippen molar-refractivity contribution >= 4 is 12.1 Å². The first-order valence-corrected chi connectivity index (χ1v) is 6.89. The van der Waals surface area contributed by atoms with Gasteiger partial charge in [0.25, 0.3) is 0 Å². The first-order chi connectivity index (χ1) is 10.3. The second-order valence-corrected chi connectivity index (χ2v) is 5.66. The molecule has 1 aromatic rings. The summed E-state index contributed by atoms with van der Waals surface area (Å²) >= 11 is 0. The Morgan fingerprint density at radius 1 is 1.23 bits per heavy atom. The number of alkyl carbamates (subject to hydrolysis) is 1. The highest BCUT2D eigenvalue weighted by atomic mass is 16.6. The van der Waals surface area contributed by atoms with Crippen LogP contribution < -0.4 is 10.8 Å². The van der Waals surface area contributed by atoms with E-state index in [2.05, 4.69) is 10.8 Å². The van der Waals surface area contributed by atoms with E-state index in [1.807, 2.05) is 30.3 Å². The SMILES string of the molecule is CC(C)(C)OC(=O)N[C@@H](CNOCc1ccccc1)C(=O)O. The number of carbonyl (C=O) groups is 2. The van der Waals surface area contributed by atoms with Crippen LogP contribution in [0.25, 0.3) is 0 Å². The summed E-state index contributed by atoms with van der Waals surface area (Å²) in [6.07, 6.45) is -0.787. The number of ether oxygens (including phenoxy) is 1. The lowest BCUT2D eigenvalue weighted by atomic mass is 10.2. The molecule has 0 aliphatic carbocycles. The summed E-state index contributed by atoms with van der Waals surface area (Å²) in [5, 5.41) is 11.3. The normalized spacial score (nSPS) is 12.5. The average Bonchev–Trinajstić information content (AvgIpc) is 2.41. The number of hydroxylamine groups is 1. The van der Waals surface area contributed by atoms with E-state index < -0.39 is 23.7 Å². The van der Waals surface area contributed by atoms with E-state index in [-0.39, 0.29) is 6.54 Å². The van der Waals surface area contributed by atoms with Gasteiger partial charge in [0.15, 0.2) is 0 Å². The number of carboxylic acid groups (broad SMARTS) is 1. The van der Waals surface area contributed by atoms with E-state index in [1.54, 1.807) is 20.8 Å². The van der Waals surface area contributed by atoms with E-state index in [0.717, 1.165) is 5.56 Å². The molecule has 1 rings (SSSR count). The number of nitrogens with one attached hydrogen (secondary N) is 2. The van der Waals surface area contributed by atoms with E-state index in [0.29, 0.717) is 6.61 Å². The Labute approximate surface area is 129 Å². The van der Waals surface area contributed by atoms with Gasteiger partial charge in [-0.3, -0.25) is 4.84 Å². The van der Waals surface area contributed by atoms with Crippen LogP contribution in [0.4, 0.5) is 4.79 Å². The smallest absolute Gasteiger partial charge is 0.408 e. The molecule has 0 unspecified atom stereocenters. The fourth-order valence-corrected chi connectivity index (χ4v) is 1.50. The van der Waals surface area contributed by atoms with E-state index >= 15 is 0 Å². The number of carboxylic acids is 1. The number of aliphatic carboxylic acids is 1. The standard InChI is InChI=1S/C15H22N2O5/c1-15(2,3)22-14(20)17-12(13(18)19)9-16-21-10-11-7-5-4-6-8-11/h4-8,12,16H,9-10H2,1-3H3,(H,17,20)(H,18,19)/t12-/m0/s1. The Balaban J connectivity index is 2.35. The third-order valence-electron chi connectivity index (χ3n) is 2.46. The molecule has 1 atom stereocenters. The molecule has 3 N–H and O–H groups in total. The zero-order valence-electron chi connectivity index (χ0n) is 13.0. The molecule has 122 valence electrons. The molecule has 0 fully saturated rings. The van der Waals surface area contributed by atoms with Gasteiger partial charge in [-0.05, 0) is 26.3 Å². The van der Waals surface area contributed by atoms with Crippen LogP contribution in [0.3, 0.4) is 0 Å². The van der Waals surface area contributed by atoms with Crippen molar-refractivity contribution in [3.8, 4) is 0 Å². The van der Waals surface area contributed by atoms with Gasteiger partial charge in [0.05, 0.1) is 13.2 Å². The topological polar surface area (TPSA) is 96.9 Å². The first kappa shape index (κ1) is 17.9. The summed E-state index contributed by atoms with van der Waals surface area (Å²) in [6, 6.07) is 8.27. The molecule has 0 saturated heterocycles. The molecule has 0 aliphatic heterocycles. The number of hydrogen-bond acceptors (Lipinski definition) is 5. The minimum Gasteiger partial charge on any atom is -0.480 e. The summed E-state index contributed by atoms with van der Waals surface area (Å²) in [5.41, 5.74) is 2.79. The first-order valence-electron chi connectivity index (χ1n) is 6.89. The average molecular weight is 310 g/mol. The Hall–Kier alpha value is -2.12. The predicted molar refractivity (Wildman–Crippen MR) is 80.0 cm³/mol. The van der Waals surface area contributed by atoms with Gasteiger partial charge in [-0.2, -0.15) is 5.48 Å². The van der Waals surface area contributed by atoms with Crippen molar-refractivity contribution in [1.82, 2.24) is 10.8 Å². The molecule has 0 bridgehead atoms. The van der Waals surface area contributed by atoms with Crippen molar-refractivity contribution in [3.63, 3.8) is 0 Å². The number of benzene rings is 1. The second-order valence-electron chi connectivity index (χ2n) is 5.66. The summed E-state index contributed by atoms with van der Waals surface area (Å²) in [7, 11) is 0. The van der Waals surface area contributed by atoms with Crippen molar-refractivity contribution in [3.05, 3.63) is 35.9 Å². The highest BCUT2D eigenvalue weighted by molar-refractivity contribution is 5.80. The Bertz CT molecular complexity index is 484. The van der Waals surface area contributed by atoms with Crippen molar-refractivity contribution in [2.24, 2.45) is 0 Å². The predicted octanol–water partition coefficient (Wildman–Crippen LogP) is 1.69. The lowest BCUT2D eigenvalue weighted by Crippen LogP contribution is -2.48. The third-order valence-corrected chi connectivity index (χ3v) is 2.46. The van der Waals surface area contributed by atoms with Gasteiger partial charge in [0.2, 0.25) is 0 Å². The summed E-state index contributed by atoms with van der Waals surface area (Å²) in [5.74, 6) is -1.18. The highest BCUT2D eigenvalue weighted by Gasteiger charge is 2.23. The maximum atomic E-state index is 11.6. The maximum Gasteiger partial charge on any atom is 0.408 e. The molecule has 0 heterocycles. The van der Waals surface area contributed by atoms with Crippen LogP contribution in [-0.2, 0) is 21.0 Å². The summed E-state index contributed by atoms with van der Waals surface area (Å²) in [6.45, 7) is 5.30. The quantitative estimate of drug-likeness (QED) is 0.524. The maximum absolute atomic E-state index is 11.6. The molecule has 22 heavy (non-hydrogen) atoms. The fraction of sp³-hybridized carbons (Fsp3) is 0.467. The van der Waals surface area contributed by atoms with Gasteiger partial charge in [-0.15, -0.1) is 0 Å². The van der Waals surface area contributed by atoms with Crippen LogP contribution in [-0.4, -0.2) is 35.4 Å². The molecule has 0 saturated carbocycles. The van der Waals surface area contributed by atoms with Crippen LogP contribution in [0.15, 0.2) is 30.3 Å². The Morgan fingerprint density at radius 2 is 1.86 bits per heavy atom. The van der Waals surface area contributed by atoms with E-state index in [9.17, 15) is 9.59 Å². The molecule has 1 aromatic carbocycles. The van der Waals surface area contributed by atoms with Crippen LogP contribution in [0.2, 0.25) is 0 Å². The number of carbonyl (C=O) groups excluding carboxylic acids is 1. The van der Waals surface area contributed by atoms with Gasteiger partial charge >= 0.3 is 12.1 Å². The lowest BCUT2D eigenvalue weighted by molar-refractivity contribution is -0.140. The Morgan fingerprint density at radius 3 is 2.41 bits per heavy atom. The highest BCUT2D eigenvalue weighted by Crippen LogP contribution is 2.06. The molecule has 0 radical (unpaired) electrons. The van der Waals surface area contributed by atoms with Gasteiger partial charge in [0.1, 0.15) is 11.6 Å². The molecule has 0 aromatic heterocycles. The van der Waals surface area contributed by atoms with Crippen molar-refractivity contribution in [2.75, 3.05) is 6.54 Å². The monoisotopic (exact) mass is 310 g/mol. The zero-order valence-corrected chi connectivity index (χ0v) is 13.0. The third kappa shape index (κ3) is 7.61. The number of amides is 1. The van der Waals surface area contributed by atoms with Crippen LogP contribution in [0, 0.1) is 0 Å². The molecule has 7 heteroatoms. The van der Waals surface area contributed by atoms with Gasteiger partial charge in [0, 0.05) is 0 Å². The van der Waals surface area contributed by atoms with Crippen LogP contribution >= 0.6 is 0 Å². The zero-order chi connectivity index (χ0) is 16.6. The van der Waals surface area contributed by atoms with Crippen molar-refractivity contribution < 1.29 is 24.3 Å². The second kappa shape index (κ2) is 8.35.